The summed E-state index contributed by atoms with van der Waals surface area (Å²) in [5.74, 6) is 0.0643. The molecule has 9 heteroatoms. The van der Waals surface area contributed by atoms with E-state index >= 15 is 0 Å². The third kappa shape index (κ3) is 8.28. The van der Waals surface area contributed by atoms with E-state index in [4.69, 9.17) is 8.92 Å². The maximum atomic E-state index is 13.0. The average molecular weight is 505 g/mol. The molecule has 0 saturated carbocycles. The van der Waals surface area contributed by atoms with Gasteiger partial charge in [0.25, 0.3) is 0 Å². The van der Waals surface area contributed by atoms with Gasteiger partial charge in [-0.05, 0) is 60.7 Å². The zero-order valence-electron chi connectivity index (χ0n) is 21.5. The smallest absolute Gasteiger partial charge is 0.339 e. The predicted molar refractivity (Wildman–Crippen MR) is 136 cm³/mol. The van der Waals surface area contributed by atoms with Crippen molar-refractivity contribution in [3.05, 3.63) is 48.0 Å². The number of carbonyl (C=O) groups excluding carboxylic acids is 2. The van der Waals surface area contributed by atoms with Gasteiger partial charge in [-0.2, -0.15) is 8.42 Å². The first kappa shape index (κ1) is 28.2. The summed E-state index contributed by atoms with van der Waals surface area (Å²) in [6, 6.07) is 10.7. The highest BCUT2D eigenvalue weighted by Gasteiger charge is 2.25. The van der Waals surface area contributed by atoms with Gasteiger partial charge in [-0.3, -0.25) is 9.59 Å². The summed E-state index contributed by atoms with van der Waals surface area (Å²) in [6.45, 7) is 11.8. The molecule has 0 aliphatic rings. The largest absolute Gasteiger partial charge is 0.493 e. The Morgan fingerprint density at radius 3 is 2.20 bits per heavy atom. The van der Waals surface area contributed by atoms with E-state index in [0.29, 0.717) is 18.7 Å². The van der Waals surface area contributed by atoms with Crippen molar-refractivity contribution in [2.45, 2.75) is 71.9 Å². The Hall–Kier alpha value is -3.07. The van der Waals surface area contributed by atoms with E-state index in [1.807, 2.05) is 39.5 Å². The number of benzene rings is 2. The van der Waals surface area contributed by atoms with E-state index in [1.54, 1.807) is 18.2 Å². The van der Waals surface area contributed by atoms with Gasteiger partial charge in [0.1, 0.15) is 4.90 Å². The molecule has 0 aromatic heterocycles. The van der Waals surface area contributed by atoms with E-state index in [-0.39, 0.29) is 39.7 Å². The summed E-state index contributed by atoms with van der Waals surface area (Å²) in [4.78, 5) is 26.0. The van der Waals surface area contributed by atoms with Crippen LogP contribution in [0.3, 0.4) is 0 Å². The fourth-order valence-electron chi connectivity index (χ4n) is 3.42. The van der Waals surface area contributed by atoms with Crippen molar-refractivity contribution < 1.29 is 26.9 Å². The van der Waals surface area contributed by atoms with Crippen LogP contribution in [-0.4, -0.2) is 38.3 Å². The molecule has 2 amide bonds. The second kappa shape index (κ2) is 11.6. The van der Waals surface area contributed by atoms with E-state index in [9.17, 15) is 18.0 Å². The molecular weight excluding hydrogens is 468 g/mol. The summed E-state index contributed by atoms with van der Waals surface area (Å²) in [6.07, 6.45) is 1.19. The standard InChI is InChI=1S/C26H36N2O6S/c1-8-18(2)28(25(30)16-26(4,5)6)17-20-9-14-23(33-7)24(15-20)34-35(31,32)22-12-10-21(11-13-22)27-19(3)29/h9-15,18H,8,16-17H2,1-7H3,(H,27,29). The Kier molecular flexibility index (Phi) is 9.31. The van der Waals surface area contributed by atoms with E-state index in [2.05, 4.69) is 5.32 Å². The van der Waals surface area contributed by atoms with Crippen LogP contribution in [0.15, 0.2) is 47.4 Å². The summed E-state index contributed by atoms with van der Waals surface area (Å²) in [5.41, 5.74) is 1.04. The van der Waals surface area contributed by atoms with Gasteiger partial charge in [0.15, 0.2) is 11.5 Å². The van der Waals surface area contributed by atoms with Gasteiger partial charge >= 0.3 is 10.1 Å². The van der Waals surface area contributed by atoms with Crippen molar-refractivity contribution in [3.63, 3.8) is 0 Å². The predicted octanol–water partition coefficient (Wildman–Crippen LogP) is 4.98. The molecule has 1 N–H and O–H groups in total. The zero-order chi connectivity index (χ0) is 26.4. The average Bonchev–Trinajstić information content (AvgIpc) is 2.75. The number of rotatable bonds is 10. The van der Waals surface area contributed by atoms with Crippen LogP contribution in [0, 0.1) is 5.41 Å². The Labute approximate surface area is 208 Å². The normalized spacial score (nSPS) is 12.5. The van der Waals surface area contributed by atoms with Gasteiger partial charge in [0, 0.05) is 31.6 Å². The van der Waals surface area contributed by atoms with E-state index in [0.717, 1.165) is 12.0 Å². The Balaban J connectivity index is 2.32. The molecule has 0 bridgehead atoms. The highest BCUT2D eigenvalue weighted by Crippen LogP contribution is 2.32. The number of anilines is 1. The van der Waals surface area contributed by atoms with Crippen molar-refractivity contribution in [1.82, 2.24) is 4.90 Å². The van der Waals surface area contributed by atoms with E-state index in [1.165, 1.54) is 38.3 Å². The highest BCUT2D eigenvalue weighted by molar-refractivity contribution is 7.87. The Morgan fingerprint density at radius 1 is 1.06 bits per heavy atom. The van der Waals surface area contributed by atoms with Gasteiger partial charge in [0.05, 0.1) is 7.11 Å². The SMILES string of the molecule is CCC(C)N(Cc1ccc(OC)c(OS(=O)(=O)c2ccc(NC(C)=O)cc2)c1)C(=O)CC(C)(C)C. The lowest BCUT2D eigenvalue weighted by molar-refractivity contribution is -0.136. The van der Waals surface area contributed by atoms with E-state index < -0.39 is 10.1 Å². The molecule has 192 valence electrons. The molecule has 8 nitrogen and oxygen atoms in total. The van der Waals surface area contributed by atoms with Gasteiger partial charge < -0.3 is 19.1 Å². The van der Waals surface area contributed by atoms with Crippen LogP contribution in [0.1, 0.15) is 59.9 Å². The van der Waals surface area contributed by atoms with Crippen molar-refractivity contribution in [2.24, 2.45) is 5.41 Å². The maximum absolute atomic E-state index is 13.0. The van der Waals surface area contributed by atoms with Gasteiger partial charge in [-0.15, -0.1) is 0 Å². The summed E-state index contributed by atoms with van der Waals surface area (Å²) in [5, 5.41) is 2.59. The van der Waals surface area contributed by atoms with Gasteiger partial charge in [0.2, 0.25) is 11.8 Å². The molecule has 0 aliphatic heterocycles. The van der Waals surface area contributed by atoms with Crippen LogP contribution in [0.5, 0.6) is 11.5 Å². The maximum Gasteiger partial charge on any atom is 0.339 e. The van der Waals surface area contributed by atoms with Crippen LogP contribution in [-0.2, 0) is 26.3 Å². The highest BCUT2D eigenvalue weighted by atomic mass is 32.2. The molecular formula is C26H36N2O6S. The van der Waals surface area contributed by atoms with Crippen molar-refractivity contribution in [1.29, 1.82) is 0 Å². The first-order valence-corrected chi connectivity index (χ1v) is 12.9. The first-order valence-electron chi connectivity index (χ1n) is 11.5. The molecule has 0 heterocycles. The lowest BCUT2D eigenvalue weighted by Crippen LogP contribution is -2.39. The molecule has 1 atom stereocenters. The number of hydrogen-bond acceptors (Lipinski definition) is 6. The number of carbonyl (C=O) groups is 2. The molecule has 2 aromatic carbocycles. The van der Waals surface area contributed by atoms with Crippen molar-refractivity contribution in [3.8, 4) is 11.5 Å². The van der Waals surface area contributed by atoms with Gasteiger partial charge in [-0.1, -0.05) is 33.8 Å². The number of nitrogens with one attached hydrogen (secondary N) is 1. The van der Waals surface area contributed by atoms with Crippen LogP contribution in [0.2, 0.25) is 0 Å². The molecule has 2 aromatic rings. The second-order valence-corrected chi connectivity index (χ2v) is 11.3. The van der Waals surface area contributed by atoms with Crippen molar-refractivity contribution >= 4 is 27.6 Å². The molecule has 2 rings (SSSR count). The topological polar surface area (TPSA) is 102 Å². The molecule has 35 heavy (non-hydrogen) atoms. The van der Waals surface area contributed by atoms with Crippen LogP contribution in [0.4, 0.5) is 5.69 Å². The minimum absolute atomic E-state index is 0.0159. The molecule has 0 spiro atoms. The number of hydrogen-bond donors (Lipinski definition) is 1. The molecule has 0 aliphatic carbocycles. The summed E-state index contributed by atoms with van der Waals surface area (Å²) >= 11 is 0. The quantitative estimate of drug-likeness (QED) is 0.458. The Bertz CT molecular complexity index is 1140. The third-order valence-electron chi connectivity index (χ3n) is 5.37. The van der Waals surface area contributed by atoms with Crippen molar-refractivity contribution in [2.75, 3.05) is 12.4 Å². The number of methoxy groups -OCH3 is 1. The summed E-state index contributed by atoms with van der Waals surface area (Å²) < 4.78 is 36.6. The second-order valence-electron chi connectivity index (χ2n) is 9.74. The minimum atomic E-state index is -4.17. The molecule has 0 radical (unpaired) electrons. The first-order chi connectivity index (χ1) is 16.3. The number of nitrogens with zero attached hydrogens (tertiary/aromatic N) is 1. The van der Waals surface area contributed by atoms with Gasteiger partial charge in [-0.25, -0.2) is 0 Å². The van der Waals surface area contributed by atoms with Crippen LogP contribution in [0.25, 0.3) is 0 Å². The van der Waals surface area contributed by atoms with Crippen LogP contribution < -0.4 is 14.2 Å². The molecule has 0 fully saturated rings. The lowest BCUT2D eigenvalue weighted by atomic mass is 9.91. The molecule has 1 unspecified atom stereocenters. The fraction of sp³-hybridized carbons (Fsp3) is 0.462. The minimum Gasteiger partial charge on any atom is -0.493 e. The fourth-order valence-corrected chi connectivity index (χ4v) is 4.35. The number of ether oxygens (including phenoxy) is 1. The molecule has 0 saturated heterocycles. The third-order valence-corrected chi connectivity index (χ3v) is 6.62. The van der Waals surface area contributed by atoms with Crippen LogP contribution >= 0.6 is 0 Å². The Morgan fingerprint density at radius 2 is 1.69 bits per heavy atom. The number of amides is 2. The summed E-state index contributed by atoms with van der Waals surface area (Å²) in [7, 11) is -2.75. The monoisotopic (exact) mass is 504 g/mol. The lowest BCUT2D eigenvalue weighted by Gasteiger charge is -2.31. The zero-order valence-corrected chi connectivity index (χ0v) is 22.4.